The third-order valence-electron chi connectivity index (χ3n) is 4.61. The van der Waals surface area contributed by atoms with Crippen molar-refractivity contribution >= 4 is 29.1 Å². The van der Waals surface area contributed by atoms with E-state index in [1.807, 2.05) is 23.9 Å². The lowest BCUT2D eigenvalue weighted by Crippen LogP contribution is -2.60. The zero-order valence-electron chi connectivity index (χ0n) is 11.7. The molecule has 1 atom stereocenters. The van der Waals surface area contributed by atoms with E-state index in [4.69, 9.17) is 17.3 Å². The smallest absolute Gasteiger partial charge is 0.0639 e. The van der Waals surface area contributed by atoms with Crippen LogP contribution in [0.2, 0.25) is 5.02 Å². The molecule has 1 unspecified atom stereocenters. The molecule has 0 bridgehead atoms. The Morgan fingerprint density at radius 1 is 1.20 bits per heavy atom. The second kappa shape index (κ2) is 6.14. The molecule has 2 N–H and O–H groups in total. The summed E-state index contributed by atoms with van der Waals surface area (Å²) in [5.41, 5.74) is 7.49. The van der Waals surface area contributed by atoms with Crippen LogP contribution in [0.15, 0.2) is 24.3 Å². The van der Waals surface area contributed by atoms with Gasteiger partial charge in [0.1, 0.15) is 0 Å². The van der Waals surface area contributed by atoms with E-state index < -0.39 is 0 Å². The van der Waals surface area contributed by atoms with Crippen LogP contribution in [0.1, 0.15) is 6.42 Å². The minimum Gasteiger partial charge on any atom is -0.368 e. The quantitative estimate of drug-likeness (QED) is 0.928. The van der Waals surface area contributed by atoms with Gasteiger partial charge in [0.2, 0.25) is 0 Å². The molecule has 1 aromatic carbocycles. The van der Waals surface area contributed by atoms with Crippen LogP contribution in [0, 0.1) is 0 Å². The van der Waals surface area contributed by atoms with Crippen LogP contribution >= 0.6 is 23.4 Å². The Hall–Kier alpha value is -0.420. The lowest BCUT2D eigenvalue weighted by Gasteiger charge is -2.45. The van der Waals surface area contributed by atoms with Crippen molar-refractivity contribution in [2.45, 2.75) is 12.0 Å². The Bertz CT molecular complexity index is 454. The van der Waals surface area contributed by atoms with Crippen LogP contribution in [0.5, 0.6) is 0 Å². The Labute approximate surface area is 130 Å². The summed E-state index contributed by atoms with van der Waals surface area (Å²) in [4.78, 5) is 5.01. The zero-order chi connectivity index (χ0) is 14.0. The van der Waals surface area contributed by atoms with Crippen molar-refractivity contribution in [2.75, 3.05) is 49.1 Å². The maximum Gasteiger partial charge on any atom is 0.0639 e. The third kappa shape index (κ3) is 2.67. The van der Waals surface area contributed by atoms with Crippen LogP contribution < -0.4 is 10.6 Å². The maximum atomic E-state index is 6.30. The van der Waals surface area contributed by atoms with E-state index >= 15 is 0 Å². The van der Waals surface area contributed by atoms with Crippen molar-refractivity contribution in [3.05, 3.63) is 29.3 Å². The highest BCUT2D eigenvalue weighted by Crippen LogP contribution is 2.34. The van der Waals surface area contributed by atoms with Crippen LogP contribution in [-0.4, -0.2) is 54.7 Å². The minimum atomic E-state index is 0.247. The van der Waals surface area contributed by atoms with E-state index in [2.05, 4.69) is 21.9 Å². The van der Waals surface area contributed by atoms with Crippen molar-refractivity contribution < 1.29 is 0 Å². The standard InChI is InChI=1S/C15H22ClN3S/c16-13-3-1-2-4-14(13)18-6-8-19(9-7-18)15(11-17)5-10-20-12-15/h1-4H,5-12,17H2. The van der Waals surface area contributed by atoms with E-state index in [9.17, 15) is 0 Å². The third-order valence-corrected chi connectivity index (χ3v) is 6.16. The van der Waals surface area contributed by atoms with Crippen molar-refractivity contribution in [2.24, 2.45) is 5.73 Å². The first-order valence-electron chi connectivity index (χ1n) is 7.27. The molecule has 0 aromatic heterocycles. The number of rotatable bonds is 3. The molecule has 0 spiro atoms. The van der Waals surface area contributed by atoms with Crippen molar-refractivity contribution in [1.29, 1.82) is 0 Å². The van der Waals surface area contributed by atoms with E-state index in [1.54, 1.807) is 0 Å². The molecule has 3 nitrogen and oxygen atoms in total. The summed E-state index contributed by atoms with van der Waals surface area (Å²) >= 11 is 8.34. The number of thioether (sulfide) groups is 1. The zero-order valence-corrected chi connectivity index (χ0v) is 13.3. The fourth-order valence-corrected chi connectivity index (χ4v) is 5.01. The first-order valence-corrected chi connectivity index (χ1v) is 8.81. The monoisotopic (exact) mass is 311 g/mol. The highest BCUT2D eigenvalue weighted by atomic mass is 35.5. The molecular formula is C15H22ClN3S. The van der Waals surface area contributed by atoms with Gasteiger partial charge in [-0.25, -0.2) is 0 Å². The Balaban J connectivity index is 1.66. The number of hydrogen-bond acceptors (Lipinski definition) is 4. The number of para-hydroxylation sites is 1. The molecule has 2 fully saturated rings. The molecule has 5 heteroatoms. The molecule has 2 heterocycles. The predicted molar refractivity (Wildman–Crippen MR) is 89.0 cm³/mol. The molecule has 0 aliphatic carbocycles. The lowest BCUT2D eigenvalue weighted by atomic mass is 9.95. The summed E-state index contributed by atoms with van der Waals surface area (Å²) in [7, 11) is 0. The van der Waals surface area contributed by atoms with Gasteiger partial charge >= 0.3 is 0 Å². The van der Waals surface area contributed by atoms with Crippen LogP contribution in [0.25, 0.3) is 0 Å². The maximum absolute atomic E-state index is 6.30. The van der Waals surface area contributed by atoms with Crippen molar-refractivity contribution in [3.63, 3.8) is 0 Å². The van der Waals surface area contributed by atoms with Crippen LogP contribution in [-0.2, 0) is 0 Å². The van der Waals surface area contributed by atoms with E-state index in [1.165, 1.54) is 17.9 Å². The van der Waals surface area contributed by atoms with Crippen LogP contribution in [0.4, 0.5) is 5.69 Å². The second-order valence-electron chi connectivity index (χ2n) is 5.66. The number of nitrogens with two attached hydrogens (primary N) is 1. The lowest BCUT2D eigenvalue weighted by molar-refractivity contribution is 0.109. The molecular weight excluding hydrogens is 290 g/mol. The molecule has 20 heavy (non-hydrogen) atoms. The molecule has 2 aliphatic rings. The summed E-state index contributed by atoms with van der Waals surface area (Å²) in [5, 5.41) is 0.853. The van der Waals surface area contributed by atoms with Gasteiger partial charge in [-0.05, 0) is 24.3 Å². The van der Waals surface area contributed by atoms with Crippen molar-refractivity contribution in [3.8, 4) is 0 Å². The molecule has 0 radical (unpaired) electrons. The molecule has 1 aromatic rings. The molecule has 0 amide bonds. The normalized spacial score (nSPS) is 28.0. The number of nitrogens with zero attached hydrogens (tertiary/aromatic N) is 2. The SMILES string of the molecule is NCC1(N2CCN(c3ccccc3Cl)CC2)CCSC1. The topological polar surface area (TPSA) is 32.5 Å². The molecule has 110 valence electrons. The van der Waals surface area contributed by atoms with Crippen molar-refractivity contribution in [1.82, 2.24) is 4.90 Å². The van der Waals surface area contributed by atoms with Gasteiger partial charge in [-0.2, -0.15) is 11.8 Å². The first-order chi connectivity index (χ1) is 9.75. The predicted octanol–water partition coefficient (Wildman–Crippen LogP) is 2.30. The summed E-state index contributed by atoms with van der Waals surface area (Å²) in [6.07, 6.45) is 1.24. The number of hydrogen-bond donors (Lipinski definition) is 1. The van der Waals surface area contributed by atoms with Gasteiger partial charge in [0.15, 0.2) is 0 Å². The number of anilines is 1. The average molecular weight is 312 g/mol. The van der Waals surface area contributed by atoms with Gasteiger partial charge < -0.3 is 10.6 Å². The number of benzene rings is 1. The van der Waals surface area contributed by atoms with E-state index in [0.29, 0.717) is 0 Å². The Morgan fingerprint density at radius 3 is 2.55 bits per heavy atom. The summed E-state index contributed by atoms with van der Waals surface area (Å²) in [6.45, 7) is 5.03. The van der Waals surface area contributed by atoms with Gasteiger partial charge in [-0.1, -0.05) is 23.7 Å². The minimum absolute atomic E-state index is 0.247. The number of halogens is 1. The summed E-state index contributed by atoms with van der Waals surface area (Å²) < 4.78 is 0. The largest absolute Gasteiger partial charge is 0.368 e. The van der Waals surface area contributed by atoms with E-state index in [0.717, 1.165) is 43.4 Å². The highest BCUT2D eigenvalue weighted by Gasteiger charge is 2.40. The van der Waals surface area contributed by atoms with E-state index in [-0.39, 0.29) is 5.54 Å². The first kappa shape index (κ1) is 14.5. The summed E-state index contributed by atoms with van der Waals surface area (Å²) in [6, 6.07) is 8.13. The fraction of sp³-hybridized carbons (Fsp3) is 0.600. The van der Waals surface area contributed by atoms with Gasteiger partial charge in [0.25, 0.3) is 0 Å². The van der Waals surface area contributed by atoms with Gasteiger partial charge in [-0.3, -0.25) is 4.90 Å². The molecule has 3 rings (SSSR count). The van der Waals surface area contributed by atoms with Gasteiger partial charge in [-0.15, -0.1) is 0 Å². The molecule has 2 aliphatic heterocycles. The molecule has 0 saturated carbocycles. The average Bonchev–Trinajstić information content (AvgIpc) is 2.98. The highest BCUT2D eigenvalue weighted by molar-refractivity contribution is 7.99. The Kier molecular flexibility index (Phi) is 4.46. The fourth-order valence-electron chi connectivity index (χ4n) is 3.27. The van der Waals surface area contributed by atoms with Crippen LogP contribution in [0.3, 0.4) is 0 Å². The second-order valence-corrected chi connectivity index (χ2v) is 7.17. The molecule has 2 saturated heterocycles. The van der Waals surface area contributed by atoms with Gasteiger partial charge in [0.05, 0.1) is 10.7 Å². The summed E-state index contributed by atoms with van der Waals surface area (Å²) in [5.74, 6) is 2.44. The van der Waals surface area contributed by atoms with Gasteiger partial charge in [0, 0.05) is 44.0 Å². The Morgan fingerprint density at radius 2 is 1.95 bits per heavy atom. The number of piperazine rings is 1.